The number of rotatable bonds is 4. The number of non-ortho nitro benzene ring substituents is 1. The number of carbonyl (C=O) groups excluding carboxylic acids is 1. The van der Waals surface area contributed by atoms with Gasteiger partial charge in [0, 0.05) is 30.2 Å². The van der Waals surface area contributed by atoms with Crippen molar-refractivity contribution in [2.75, 3.05) is 13.6 Å². The lowest BCUT2D eigenvalue weighted by Crippen LogP contribution is -2.39. The fourth-order valence-corrected chi connectivity index (χ4v) is 2.19. The molecule has 0 aromatic heterocycles. The summed E-state index contributed by atoms with van der Waals surface area (Å²) < 4.78 is 0.356. The average Bonchev–Trinajstić information content (AvgIpc) is 2.25. The summed E-state index contributed by atoms with van der Waals surface area (Å²) in [6, 6.07) is 3.95. The van der Waals surface area contributed by atoms with E-state index < -0.39 is 10.5 Å². The van der Waals surface area contributed by atoms with Crippen LogP contribution in [0.2, 0.25) is 0 Å². The Morgan fingerprint density at radius 3 is 2.53 bits per heavy atom. The van der Waals surface area contributed by atoms with Crippen molar-refractivity contribution in [3.63, 3.8) is 0 Å². The molecule has 0 aliphatic carbocycles. The van der Waals surface area contributed by atoms with Crippen LogP contribution < -0.4 is 0 Å². The number of carbonyl (C=O) groups is 1. The van der Waals surface area contributed by atoms with Gasteiger partial charge < -0.3 is 10.0 Å². The third-order valence-corrected chi connectivity index (χ3v) is 3.02. The quantitative estimate of drug-likeness (QED) is 0.677. The van der Waals surface area contributed by atoms with Crippen LogP contribution in [0.15, 0.2) is 22.7 Å². The monoisotopic (exact) mass is 330 g/mol. The molecule has 0 aliphatic heterocycles. The van der Waals surface area contributed by atoms with Crippen LogP contribution in [0.25, 0.3) is 0 Å². The topological polar surface area (TPSA) is 83.7 Å². The summed E-state index contributed by atoms with van der Waals surface area (Å²) in [6.45, 7) is 3.36. The second-order valence-corrected chi connectivity index (χ2v) is 5.75. The summed E-state index contributed by atoms with van der Waals surface area (Å²) in [7, 11) is 1.56. The van der Waals surface area contributed by atoms with Crippen molar-refractivity contribution < 1.29 is 14.8 Å². The molecule has 6 nitrogen and oxygen atoms in total. The molecule has 1 rings (SSSR count). The van der Waals surface area contributed by atoms with Crippen LogP contribution in [0.3, 0.4) is 0 Å². The van der Waals surface area contributed by atoms with Crippen molar-refractivity contribution in [2.45, 2.75) is 19.4 Å². The Morgan fingerprint density at radius 1 is 1.53 bits per heavy atom. The zero-order chi connectivity index (χ0) is 14.8. The number of hydrogen-bond donors (Lipinski definition) is 1. The molecule has 1 aromatic carbocycles. The van der Waals surface area contributed by atoms with Gasteiger partial charge in [-0.25, -0.2) is 0 Å². The van der Waals surface area contributed by atoms with Crippen molar-refractivity contribution in [2.24, 2.45) is 0 Å². The van der Waals surface area contributed by atoms with Crippen LogP contribution >= 0.6 is 15.9 Å². The fourth-order valence-electron chi connectivity index (χ4n) is 1.65. The Kier molecular flexibility index (Phi) is 4.65. The number of likely N-dealkylation sites (N-methyl/N-ethyl adjacent to an activating group) is 1. The number of nitro benzene ring substituents is 1. The zero-order valence-corrected chi connectivity index (χ0v) is 12.5. The number of halogens is 1. The molecule has 1 amide bonds. The number of benzene rings is 1. The molecule has 0 atom stereocenters. The standard InChI is InChI=1S/C12H15BrN2O4/c1-12(2,17)7-14(3)11(16)9-5-4-8(15(18)19)6-10(9)13/h4-6,17H,7H2,1-3H3. The van der Waals surface area contributed by atoms with E-state index in [2.05, 4.69) is 15.9 Å². The average molecular weight is 331 g/mol. The Bertz CT molecular complexity index is 511. The maximum Gasteiger partial charge on any atom is 0.270 e. The second-order valence-electron chi connectivity index (χ2n) is 4.89. The van der Waals surface area contributed by atoms with Crippen LogP contribution in [0.5, 0.6) is 0 Å². The summed E-state index contributed by atoms with van der Waals surface area (Å²) in [4.78, 5) is 23.6. The van der Waals surface area contributed by atoms with E-state index in [0.717, 1.165) is 0 Å². The third-order valence-electron chi connectivity index (χ3n) is 2.36. The first-order valence-corrected chi connectivity index (χ1v) is 6.33. The Balaban J connectivity index is 2.97. The molecule has 0 fully saturated rings. The van der Waals surface area contributed by atoms with Gasteiger partial charge in [0.2, 0.25) is 0 Å². The van der Waals surface area contributed by atoms with Crippen molar-refractivity contribution in [1.29, 1.82) is 0 Å². The zero-order valence-electron chi connectivity index (χ0n) is 10.9. The van der Waals surface area contributed by atoms with Crippen LogP contribution in [0.4, 0.5) is 5.69 Å². The first-order valence-electron chi connectivity index (χ1n) is 5.53. The van der Waals surface area contributed by atoms with Crippen LogP contribution in [0.1, 0.15) is 24.2 Å². The van der Waals surface area contributed by atoms with Gasteiger partial charge in [-0.3, -0.25) is 14.9 Å². The number of nitrogens with zero attached hydrogens (tertiary/aromatic N) is 2. The lowest BCUT2D eigenvalue weighted by atomic mass is 10.1. The number of aliphatic hydroxyl groups is 1. The second kappa shape index (κ2) is 5.66. The van der Waals surface area contributed by atoms with Gasteiger partial charge in [0.15, 0.2) is 0 Å². The third kappa shape index (κ3) is 4.29. The molecule has 0 saturated carbocycles. The van der Waals surface area contributed by atoms with Gasteiger partial charge in [0.1, 0.15) is 0 Å². The summed E-state index contributed by atoms with van der Waals surface area (Å²) in [5.41, 5.74) is -0.775. The molecule has 104 valence electrons. The number of hydrogen-bond acceptors (Lipinski definition) is 4. The molecular formula is C12H15BrN2O4. The maximum absolute atomic E-state index is 12.1. The van der Waals surface area contributed by atoms with Crippen molar-refractivity contribution in [3.8, 4) is 0 Å². The first kappa shape index (κ1) is 15.6. The van der Waals surface area contributed by atoms with Gasteiger partial charge >= 0.3 is 0 Å². The molecule has 0 unspecified atom stereocenters. The largest absolute Gasteiger partial charge is 0.389 e. The van der Waals surface area contributed by atoms with E-state index in [-0.39, 0.29) is 18.1 Å². The van der Waals surface area contributed by atoms with E-state index in [1.54, 1.807) is 20.9 Å². The molecule has 0 aliphatic rings. The van der Waals surface area contributed by atoms with E-state index in [1.807, 2.05) is 0 Å². The minimum Gasteiger partial charge on any atom is -0.389 e. The highest BCUT2D eigenvalue weighted by Gasteiger charge is 2.22. The van der Waals surface area contributed by atoms with Crippen LogP contribution in [0, 0.1) is 10.1 Å². The highest BCUT2D eigenvalue weighted by molar-refractivity contribution is 9.10. The summed E-state index contributed by atoms with van der Waals surface area (Å²) >= 11 is 3.15. The highest BCUT2D eigenvalue weighted by Crippen LogP contribution is 2.24. The molecule has 1 aromatic rings. The van der Waals surface area contributed by atoms with Gasteiger partial charge in [-0.2, -0.15) is 0 Å². The predicted molar refractivity (Wildman–Crippen MR) is 74.1 cm³/mol. The Labute approximate surface area is 119 Å². The molecule has 1 N–H and O–H groups in total. The first-order chi connectivity index (χ1) is 8.61. The molecule has 0 bridgehead atoms. The predicted octanol–water partition coefficient (Wildman–Crippen LogP) is 2.20. The van der Waals surface area contributed by atoms with Gasteiger partial charge in [0.05, 0.1) is 16.1 Å². The summed E-state index contributed by atoms with van der Waals surface area (Å²) in [5.74, 6) is -0.316. The molecule has 7 heteroatoms. The van der Waals surface area contributed by atoms with Crippen LogP contribution in [-0.4, -0.2) is 40.0 Å². The lowest BCUT2D eigenvalue weighted by Gasteiger charge is -2.25. The normalized spacial score (nSPS) is 11.2. The van der Waals surface area contributed by atoms with Crippen molar-refractivity contribution in [1.82, 2.24) is 4.90 Å². The highest BCUT2D eigenvalue weighted by atomic mass is 79.9. The number of nitro groups is 1. The molecule has 19 heavy (non-hydrogen) atoms. The van der Waals surface area contributed by atoms with Crippen molar-refractivity contribution in [3.05, 3.63) is 38.3 Å². The van der Waals surface area contributed by atoms with E-state index in [4.69, 9.17) is 0 Å². The van der Waals surface area contributed by atoms with Gasteiger partial charge in [-0.15, -0.1) is 0 Å². The summed E-state index contributed by atoms with van der Waals surface area (Å²) in [6.07, 6.45) is 0. The molecule has 0 saturated heterocycles. The van der Waals surface area contributed by atoms with E-state index in [9.17, 15) is 20.0 Å². The summed E-state index contributed by atoms with van der Waals surface area (Å²) in [5, 5.41) is 20.3. The van der Waals surface area contributed by atoms with E-state index in [0.29, 0.717) is 10.0 Å². The number of amides is 1. The molecule has 0 heterocycles. The fraction of sp³-hybridized carbons (Fsp3) is 0.417. The molecule has 0 radical (unpaired) electrons. The van der Waals surface area contributed by atoms with E-state index >= 15 is 0 Å². The molecular weight excluding hydrogens is 316 g/mol. The van der Waals surface area contributed by atoms with Gasteiger partial charge in [0.25, 0.3) is 11.6 Å². The van der Waals surface area contributed by atoms with Crippen molar-refractivity contribution >= 4 is 27.5 Å². The van der Waals surface area contributed by atoms with Gasteiger partial charge in [-0.1, -0.05) is 0 Å². The van der Waals surface area contributed by atoms with Crippen LogP contribution in [-0.2, 0) is 0 Å². The lowest BCUT2D eigenvalue weighted by molar-refractivity contribution is -0.384. The Morgan fingerprint density at radius 2 is 2.11 bits per heavy atom. The molecule has 0 spiro atoms. The van der Waals surface area contributed by atoms with Gasteiger partial charge in [-0.05, 0) is 35.8 Å². The smallest absolute Gasteiger partial charge is 0.270 e. The van der Waals surface area contributed by atoms with E-state index in [1.165, 1.54) is 23.1 Å². The maximum atomic E-state index is 12.1. The minimum absolute atomic E-state index is 0.0893. The SMILES string of the molecule is CN(CC(C)(C)O)C(=O)c1ccc([N+](=O)[O-])cc1Br. The Hall–Kier alpha value is -1.47. The minimum atomic E-state index is -1.00.